The molecule has 0 saturated heterocycles. The first-order valence-electron chi connectivity index (χ1n) is 4.37. The van der Waals surface area contributed by atoms with Gasteiger partial charge in [0.2, 0.25) is 0 Å². The Kier molecular flexibility index (Phi) is 6.36. The molecule has 0 aromatic carbocycles. The Balaban J connectivity index is 0.00000196. The van der Waals surface area contributed by atoms with Crippen LogP contribution in [0.4, 0.5) is 0 Å². The molecule has 84 valence electrons. The van der Waals surface area contributed by atoms with Gasteiger partial charge in [0, 0.05) is 6.07 Å². The van der Waals surface area contributed by atoms with E-state index < -0.39 is 0 Å². The highest BCUT2D eigenvalue weighted by molar-refractivity contribution is 5.06. The molecule has 0 fully saturated rings. The van der Waals surface area contributed by atoms with E-state index >= 15 is 0 Å². The van der Waals surface area contributed by atoms with Crippen molar-refractivity contribution in [1.29, 1.82) is 0 Å². The molecule has 0 spiro atoms. The Bertz CT molecular complexity index is 319. The van der Waals surface area contributed by atoms with Crippen molar-refractivity contribution in [3.63, 3.8) is 0 Å². The van der Waals surface area contributed by atoms with Crippen LogP contribution in [-0.4, -0.2) is 43.9 Å². The Morgan fingerprint density at radius 3 is 2.67 bits per heavy atom. The van der Waals surface area contributed by atoms with Gasteiger partial charge in [-0.25, -0.2) is 0 Å². The lowest BCUT2D eigenvalue weighted by Gasteiger charge is -2.19. The summed E-state index contributed by atoms with van der Waals surface area (Å²) < 4.78 is 10.6. The van der Waals surface area contributed by atoms with Gasteiger partial charge in [-0.3, -0.25) is 0 Å². The third kappa shape index (κ3) is 7.22. The number of ether oxygens (including phenoxy) is 1. The molecule has 1 heterocycles. The van der Waals surface area contributed by atoms with Crippen LogP contribution in [0.3, 0.4) is 0 Å². The summed E-state index contributed by atoms with van der Waals surface area (Å²) in [6, 6.07) is 1.65. The predicted molar refractivity (Wildman–Crippen MR) is 52.7 cm³/mol. The summed E-state index contributed by atoms with van der Waals surface area (Å²) in [6.45, 7) is 1.16. The van der Waals surface area contributed by atoms with E-state index in [2.05, 4.69) is 42.7 Å². The molecule has 0 atom stereocenters. The van der Waals surface area contributed by atoms with Crippen molar-refractivity contribution in [1.82, 2.24) is 5.16 Å². The van der Waals surface area contributed by atoms with Crippen LogP contribution >= 0.6 is 0 Å². The van der Waals surface area contributed by atoms with E-state index in [0.29, 0.717) is 12.5 Å². The van der Waals surface area contributed by atoms with Gasteiger partial charge in [0.1, 0.15) is 12.8 Å². The van der Waals surface area contributed by atoms with Gasteiger partial charge in [-0.15, -0.1) is 0 Å². The zero-order valence-electron chi connectivity index (χ0n) is 9.16. The SMILES string of the molecule is C[N+](C)(C)CC#CCOc1ccon1.[I-]. The molecule has 5 heteroatoms. The van der Waals surface area contributed by atoms with E-state index in [9.17, 15) is 0 Å². The molecule has 0 N–H and O–H groups in total. The molecule has 4 nitrogen and oxygen atoms in total. The van der Waals surface area contributed by atoms with Crippen molar-refractivity contribution in [3.8, 4) is 17.7 Å². The fraction of sp³-hybridized carbons (Fsp3) is 0.500. The minimum atomic E-state index is 0. The number of rotatable bonds is 3. The minimum Gasteiger partial charge on any atom is -1.00 e. The summed E-state index contributed by atoms with van der Waals surface area (Å²) in [6.07, 6.45) is 1.47. The number of quaternary nitrogens is 1. The Labute approximate surface area is 107 Å². The standard InChI is InChI=1S/C10H15N2O2.HI/c1-12(2,3)7-4-5-8-13-10-6-9-14-11-10;/h6,9H,7-8H2,1-3H3;1H/q+1;/p-1. The largest absolute Gasteiger partial charge is 1.00 e. The van der Waals surface area contributed by atoms with Gasteiger partial charge in [-0.05, 0) is 11.1 Å². The third-order valence-corrected chi connectivity index (χ3v) is 1.38. The van der Waals surface area contributed by atoms with Crippen molar-refractivity contribution in [2.45, 2.75) is 0 Å². The van der Waals surface area contributed by atoms with Crippen molar-refractivity contribution >= 4 is 0 Å². The lowest BCUT2D eigenvalue weighted by Crippen LogP contribution is -3.00. The van der Waals surface area contributed by atoms with Crippen molar-refractivity contribution in [3.05, 3.63) is 12.3 Å². The molecule has 0 unspecified atom stereocenters. The van der Waals surface area contributed by atoms with E-state index in [-0.39, 0.29) is 24.0 Å². The summed E-state index contributed by atoms with van der Waals surface area (Å²) in [4.78, 5) is 0. The average molecular weight is 322 g/mol. The maximum absolute atomic E-state index is 5.18. The Hall–Kier alpha value is -0.740. The van der Waals surface area contributed by atoms with Crippen LogP contribution in [0, 0.1) is 11.8 Å². The topological polar surface area (TPSA) is 35.3 Å². The summed E-state index contributed by atoms with van der Waals surface area (Å²) in [5.41, 5.74) is 0. The Morgan fingerprint density at radius 2 is 2.13 bits per heavy atom. The maximum atomic E-state index is 5.18. The first-order valence-corrected chi connectivity index (χ1v) is 4.37. The third-order valence-electron chi connectivity index (χ3n) is 1.38. The second-order valence-electron chi connectivity index (χ2n) is 3.93. The van der Waals surface area contributed by atoms with Crippen LogP contribution in [0.15, 0.2) is 16.9 Å². The van der Waals surface area contributed by atoms with E-state index in [4.69, 9.17) is 4.74 Å². The molecule has 15 heavy (non-hydrogen) atoms. The number of aromatic nitrogens is 1. The monoisotopic (exact) mass is 322 g/mol. The molecule has 1 aromatic heterocycles. The highest BCUT2D eigenvalue weighted by atomic mass is 127. The highest BCUT2D eigenvalue weighted by Gasteiger charge is 2.01. The predicted octanol–water partition coefficient (Wildman–Crippen LogP) is -2.23. The number of hydrogen-bond acceptors (Lipinski definition) is 3. The van der Waals surface area contributed by atoms with Gasteiger partial charge >= 0.3 is 0 Å². The lowest BCUT2D eigenvalue weighted by atomic mass is 10.5. The van der Waals surface area contributed by atoms with Crippen LogP contribution < -0.4 is 28.7 Å². The zero-order chi connectivity index (χ0) is 10.4. The molecule has 1 aromatic rings. The Morgan fingerprint density at radius 1 is 1.40 bits per heavy atom. The van der Waals surface area contributed by atoms with Crippen LogP contribution in [0.2, 0.25) is 0 Å². The van der Waals surface area contributed by atoms with Crippen molar-refractivity contribution in [2.24, 2.45) is 0 Å². The molecular formula is C10H15IN2O2. The van der Waals surface area contributed by atoms with Crippen molar-refractivity contribution in [2.75, 3.05) is 34.3 Å². The fourth-order valence-electron chi connectivity index (χ4n) is 0.730. The first-order chi connectivity index (χ1) is 6.58. The summed E-state index contributed by atoms with van der Waals surface area (Å²) in [5, 5.41) is 3.59. The average Bonchev–Trinajstić information content (AvgIpc) is 2.54. The van der Waals surface area contributed by atoms with Crippen LogP contribution in [-0.2, 0) is 0 Å². The molecule has 0 aliphatic carbocycles. The molecular weight excluding hydrogens is 307 g/mol. The van der Waals surface area contributed by atoms with E-state index in [1.54, 1.807) is 6.07 Å². The molecule has 0 saturated carbocycles. The van der Waals surface area contributed by atoms with Crippen LogP contribution in [0.5, 0.6) is 5.88 Å². The molecule has 1 rings (SSSR count). The fourth-order valence-corrected chi connectivity index (χ4v) is 0.730. The quantitative estimate of drug-likeness (QED) is 0.359. The van der Waals surface area contributed by atoms with Gasteiger partial charge in [0.15, 0.2) is 6.61 Å². The van der Waals surface area contributed by atoms with Gasteiger partial charge in [-0.1, -0.05) is 5.92 Å². The first kappa shape index (κ1) is 14.3. The maximum Gasteiger partial charge on any atom is 0.254 e. The van der Waals surface area contributed by atoms with Crippen LogP contribution in [0.1, 0.15) is 0 Å². The summed E-state index contributed by atoms with van der Waals surface area (Å²) in [7, 11) is 6.27. The summed E-state index contributed by atoms with van der Waals surface area (Å²) >= 11 is 0. The molecule has 0 aliphatic rings. The van der Waals surface area contributed by atoms with E-state index in [0.717, 1.165) is 11.0 Å². The van der Waals surface area contributed by atoms with Crippen molar-refractivity contribution < 1.29 is 37.7 Å². The van der Waals surface area contributed by atoms with Gasteiger partial charge < -0.3 is 37.7 Å². The smallest absolute Gasteiger partial charge is 0.254 e. The number of halogens is 1. The summed E-state index contributed by atoms with van der Waals surface area (Å²) in [5.74, 6) is 6.41. The van der Waals surface area contributed by atoms with E-state index in [1.165, 1.54) is 6.26 Å². The van der Waals surface area contributed by atoms with E-state index in [1.807, 2.05) is 0 Å². The highest BCUT2D eigenvalue weighted by Crippen LogP contribution is 2.02. The molecule has 0 amide bonds. The van der Waals surface area contributed by atoms with Gasteiger partial charge in [0.25, 0.3) is 5.88 Å². The van der Waals surface area contributed by atoms with Gasteiger partial charge in [-0.2, -0.15) is 0 Å². The number of nitrogens with zero attached hydrogens (tertiary/aromatic N) is 2. The lowest BCUT2D eigenvalue weighted by molar-refractivity contribution is -0.862. The minimum absolute atomic E-state index is 0. The zero-order valence-corrected chi connectivity index (χ0v) is 11.3. The number of hydrogen-bond donors (Lipinski definition) is 0. The van der Waals surface area contributed by atoms with Gasteiger partial charge in [0.05, 0.1) is 21.1 Å². The van der Waals surface area contributed by atoms with Crippen LogP contribution in [0.25, 0.3) is 0 Å². The normalized spacial score (nSPS) is 9.80. The molecule has 0 aliphatic heterocycles. The second-order valence-corrected chi connectivity index (χ2v) is 3.93. The molecule has 0 bridgehead atoms. The molecule has 0 radical (unpaired) electrons. The second kappa shape index (κ2) is 6.69.